The molecule has 154 valence electrons. The molecule has 3 unspecified atom stereocenters. The van der Waals surface area contributed by atoms with Crippen LogP contribution in [0.15, 0.2) is 18.2 Å². The number of aliphatic hydroxyl groups excluding tert-OH is 1. The average molecular weight is 400 g/mol. The lowest BCUT2D eigenvalue weighted by atomic mass is 9.93. The van der Waals surface area contributed by atoms with Gasteiger partial charge >= 0.3 is 0 Å². The van der Waals surface area contributed by atoms with Crippen molar-refractivity contribution in [2.45, 2.75) is 50.2 Å². The Morgan fingerprint density at radius 1 is 1.34 bits per heavy atom. The van der Waals surface area contributed by atoms with Crippen molar-refractivity contribution in [2.75, 3.05) is 6.61 Å². The van der Waals surface area contributed by atoms with Crippen LogP contribution in [0.2, 0.25) is 0 Å². The number of para-hydroxylation sites is 1. The first kappa shape index (κ1) is 19.4. The van der Waals surface area contributed by atoms with E-state index in [-0.39, 0.29) is 42.9 Å². The number of rotatable bonds is 5. The van der Waals surface area contributed by atoms with Crippen molar-refractivity contribution < 1.29 is 24.2 Å². The van der Waals surface area contributed by atoms with Gasteiger partial charge in [-0.3, -0.25) is 24.4 Å². The number of fused-ring (bicyclic) bond motifs is 1. The molecule has 3 amide bonds. The summed E-state index contributed by atoms with van der Waals surface area (Å²) in [6, 6.07) is 5.38. The summed E-state index contributed by atoms with van der Waals surface area (Å²) in [6.45, 7) is -0.148. The van der Waals surface area contributed by atoms with E-state index in [0.717, 1.165) is 11.8 Å². The van der Waals surface area contributed by atoms with Gasteiger partial charge in [0.2, 0.25) is 11.8 Å². The first-order chi connectivity index (χ1) is 13.9. The Balaban J connectivity index is 1.50. The fourth-order valence-electron chi connectivity index (χ4n) is 4.16. The maximum Gasteiger partial charge on any atom is 0.258 e. The van der Waals surface area contributed by atoms with Crippen LogP contribution in [0.3, 0.4) is 0 Å². The Morgan fingerprint density at radius 3 is 2.90 bits per heavy atom. The molecular weight excluding hydrogens is 376 g/mol. The fraction of sp³-hybridized carbons (Fsp3) is 0.500. The van der Waals surface area contributed by atoms with Crippen molar-refractivity contribution in [3.63, 3.8) is 0 Å². The minimum absolute atomic E-state index is 0.0206. The largest absolute Gasteiger partial charge is 0.482 e. The van der Waals surface area contributed by atoms with Crippen LogP contribution in [-0.4, -0.2) is 51.4 Å². The van der Waals surface area contributed by atoms with E-state index in [0.29, 0.717) is 36.2 Å². The molecule has 1 aromatic heterocycles. The maximum absolute atomic E-state index is 12.3. The highest BCUT2D eigenvalue weighted by atomic mass is 16.5. The number of imide groups is 1. The second-order valence-corrected chi connectivity index (χ2v) is 7.68. The van der Waals surface area contributed by atoms with E-state index in [4.69, 9.17) is 4.74 Å². The zero-order valence-electron chi connectivity index (χ0n) is 16.2. The number of aromatic nitrogens is 2. The molecule has 2 aromatic rings. The Labute approximate surface area is 167 Å². The molecule has 1 saturated carbocycles. The van der Waals surface area contributed by atoms with Crippen LogP contribution >= 0.6 is 0 Å². The lowest BCUT2D eigenvalue weighted by Gasteiger charge is -2.19. The summed E-state index contributed by atoms with van der Waals surface area (Å²) in [5.41, 5.74) is 1.29. The molecule has 0 spiro atoms. The molecule has 1 aliphatic heterocycles. The third-order valence-corrected chi connectivity index (χ3v) is 5.55. The number of carbonyl (C=O) groups excluding carboxylic acids is 3. The number of nitrogens with one attached hydrogen (secondary N) is 2. The normalized spacial score (nSPS) is 24.6. The summed E-state index contributed by atoms with van der Waals surface area (Å²) in [6.07, 6.45) is 2.37. The lowest BCUT2D eigenvalue weighted by Crippen LogP contribution is -2.39. The van der Waals surface area contributed by atoms with Crippen LogP contribution in [0.4, 0.5) is 0 Å². The predicted molar refractivity (Wildman–Crippen MR) is 103 cm³/mol. The van der Waals surface area contributed by atoms with Gasteiger partial charge < -0.3 is 15.2 Å². The van der Waals surface area contributed by atoms with Crippen molar-refractivity contribution in [3.8, 4) is 5.75 Å². The summed E-state index contributed by atoms with van der Waals surface area (Å²) in [4.78, 5) is 35.9. The van der Waals surface area contributed by atoms with Gasteiger partial charge in [0.05, 0.1) is 17.7 Å². The second-order valence-electron chi connectivity index (χ2n) is 7.68. The maximum atomic E-state index is 12.3. The van der Waals surface area contributed by atoms with Gasteiger partial charge in [-0.1, -0.05) is 12.1 Å². The molecule has 2 heterocycles. The van der Waals surface area contributed by atoms with Crippen molar-refractivity contribution in [3.05, 3.63) is 23.9 Å². The number of ether oxygens (including phenoxy) is 1. The smallest absolute Gasteiger partial charge is 0.258 e. The first-order valence-electron chi connectivity index (χ1n) is 9.82. The van der Waals surface area contributed by atoms with Gasteiger partial charge in [0.15, 0.2) is 6.61 Å². The average Bonchev–Trinajstić information content (AvgIpc) is 3.23. The topological polar surface area (TPSA) is 123 Å². The van der Waals surface area contributed by atoms with Crippen LogP contribution in [0.25, 0.3) is 10.9 Å². The molecular formula is C20H24N4O5. The molecule has 29 heavy (non-hydrogen) atoms. The Hall–Kier alpha value is -2.94. The Kier molecular flexibility index (Phi) is 5.23. The lowest BCUT2D eigenvalue weighted by molar-refractivity contribution is -0.134. The van der Waals surface area contributed by atoms with E-state index in [1.807, 2.05) is 6.07 Å². The van der Waals surface area contributed by atoms with Gasteiger partial charge in [0, 0.05) is 24.9 Å². The third kappa shape index (κ3) is 3.95. The molecule has 2 aliphatic rings. The summed E-state index contributed by atoms with van der Waals surface area (Å²) in [5, 5.41) is 20.1. The van der Waals surface area contributed by atoms with Crippen LogP contribution in [0, 0.1) is 0 Å². The van der Waals surface area contributed by atoms with Crippen molar-refractivity contribution in [2.24, 2.45) is 7.05 Å². The van der Waals surface area contributed by atoms with Gasteiger partial charge in [-0.05, 0) is 31.7 Å². The molecule has 4 rings (SSSR count). The molecule has 1 saturated heterocycles. The molecule has 0 radical (unpaired) electrons. The summed E-state index contributed by atoms with van der Waals surface area (Å²) < 4.78 is 7.39. The van der Waals surface area contributed by atoms with Crippen LogP contribution in [-0.2, 0) is 21.4 Å². The van der Waals surface area contributed by atoms with Crippen molar-refractivity contribution >= 4 is 28.6 Å². The number of aliphatic hydroxyl groups is 1. The van der Waals surface area contributed by atoms with Gasteiger partial charge in [-0.2, -0.15) is 5.10 Å². The molecule has 2 fully saturated rings. The quantitative estimate of drug-likeness (QED) is 0.629. The third-order valence-electron chi connectivity index (χ3n) is 5.55. The fourth-order valence-corrected chi connectivity index (χ4v) is 4.16. The molecule has 9 heteroatoms. The van der Waals surface area contributed by atoms with E-state index < -0.39 is 5.92 Å². The Morgan fingerprint density at radius 2 is 2.17 bits per heavy atom. The van der Waals surface area contributed by atoms with E-state index in [2.05, 4.69) is 15.7 Å². The minimum atomic E-state index is -0.497. The highest BCUT2D eigenvalue weighted by Crippen LogP contribution is 2.34. The standard InChI is InChI=1S/C20H24N4O5/c1-24-19-13(18(23-24)14-7-8-16(26)22-20(14)28)3-2-4-15(19)29-10-17(27)21-11-5-6-12(25)9-11/h2-4,11-12,14,25H,5-10H2,1H3,(H,21,27)(H,22,26,28). The predicted octanol–water partition coefficient (Wildman–Crippen LogP) is 0.502. The van der Waals surface area contributed by atoms with E-state index in [1.165, 1.54) is 0 Å². The minimum Gasteiger partial charge on any atom is -0.482 e. The van der Waals surface area contributed by atoms with E-state index in [9.17, 15) is 19.5 Å². The van der Waals surface area contributed by atoms with Crippen LogP contribution < -0.4 is 15.4 Å². The highest BCUT2D eigenvalue weighted by molar-refractivity contribution is 6.03. The molecule has 0 bridgehead atoms. The number of benzene rings is 1. The number of nitrogens with zero attached hydrogens (tertiary/aromatic N) is 2. The van der Waals surface area contributed by atoms with E-state index in [1.54, 1.807) is 23.9 Å². The number of aryl methyl sites for hydroxylation is 1. The number of hydrogen-bond donors (Lipinski definition) is 3. The number of carbonyl (C=O) groups is 3. The zero-order chi connectivity index (χ0) is 20.5. The van der Waals surface area contributed by atoms with E-state index >= 15 is 0 Å². The molecule has 3 atom stereocenters. The summed E-state index contributed by atoms with van der Waals surface area (Å²) in [7, 11) is 1.75. The van der Waals surface area contributed by atoms with Gasteiger partial charge in [0.1, 0.15) is 11.3 Å². The number of hydrogen-bond acceptors (Lipinski definition) is 6. The highest BCUT2D eigenvalue weighted by Gasteiger charge is 2.32. The molecule has 1 aromatic carbocycles. The molecule has 9 nitrogen and oxygen atoms in total. The number of piperidine rings is 1. The Bertz CT molecular complexity index is 969. The van der Waals surface area contributed by atoms with Crippen molar-refractivity contribution in [1.82, 2.24) is 20.4 Å². The number of amides is 3. The summed E-state index contributed by atoms with van der Waals surface area (Å²) in [5.74, 6) is -0.850. The van der Waals surface area contributed by atoms with Crippen LogP contribution in [0.1, 0.15) is 43.7 Å². The van der Waals surface area contributed by atoms with Gasteiger partial charge in [0.25, 0.3) is 5.91 Å². The monoisotopic (exact) mass is 400 g/mol. The second kappa shape index (κ2) is 7.82. The first-order valence-corrected chi connectivity index (χ1v) is 9.82. The van der Waals surface area contributed by atoms with Gasteiger partial charge in [-0.25, -0.2) is 0 Å². The summed E-state index contributed by atoms with van der Waals surface area (Å²) >= 11 is 0. The van der Waals surface area contributed by atoms with Crippen LogP contribution in [0.5, 0.6) is 5.75 Å². The zero-order valence-corrected chi connectivity index (χ0v) is 16.2. The van der Waals surface area contributed by atoms with Gasteiger partial charge in [-0.15, -0.1) is 0 Å². The van der Waals surface area contributed by atoms with Crippen molar-refractivity contribution in [1.29, 1.82) is 0 Å². The SMILES string of the molecule is Cn1nc(C2CCC(=O)NC2=O)c2cccc(OCC(=O)NC3CCC(O)C3)c21. The molecule has 1 aliphatic carbocycles. The molecule has 3 N–H and O–H groups in total.